The van der Waals surface area contributed by atoms with Gasteiger partial charge < -0.3 is 20.1 Å². The molecule has 2 fully saturated rings. The summed E-state index contributed by atoms with van der Waals surface area (Å²) in [7, 11) is 0. The number of rotatable bonds is 3. The highest BCUT2D eigenvalue weighted by molar-refractivity contribution is 5.75. The van der Waals surface area contributed by atoms with E-state index in [1.165, 1.54) is 0 Å². The topological polar surface area (TPSA) is 78.9 Å². The molecule has 0 aromatic carbocycles. The lowest BCUT2D eigenvalue weighted by Crippen LogP contribution is -2.55. The van der Waals surface area contributed by atoms with Gasteiger partial charge in [-0.2, -0.15) is 0 Å². The van der Waals surface area contributed by atoms with Crippen LogP contribution in [0.4, 0.5) is 4.79 Å². The summed E-state index contributed by atoms with van der Waals surface area (Å²) in [6.07, 6.45) is 3.45. The first kappa shape index (κ1) is 15.1. The predicted molar refractivity (Wildman–Crippen MR) is 73.5 cm³/mol. The van der Waals surface area contributed by atoms with Gasteiger partial charge in [-0.25, -0.2) is 4.79 Å². The molecule has 0 spiro atoms. The van der Waals surface area contributed by atoms with Gasteiger partial charge in [0.25, 0.3) is 0 Å². The lowest BCUT2D eigenvalue weighted by Gasteiger charge is -2.38. The molecule has 0 atom stereocenters. The van der Waals surface area contributed by atoms with Gasteiger partial charge in [0.1, 0.15) is 0 Å². The van der Waals surface area contributed by atoms with Gasteiger partial charge in [-0.1, -0.05) is 0 Å². The fraction of sp³-hybridized carbons (Fsp3) is 0.857. The highest BCUT2D eigenvalue weighted by Gasteiger charge is 2.32. The Bertz CT molecular complexity index is 358. The average Bonchev–Trinajstić information content (AvgIpc) is 2.39. The van der Waals surface area contributed by atoms with Crippen molar-refractivity contribution in [2.75, 3.05) is 26.3 Å². The second kappa shape index (κ2) is 6.43. The zero-order chi connectivity index (χ0) is 14.6. The van der Waals surface area contributed by atoms with Crippen LogP contribution in [0, 0.1) is 5.92 Å². The number of carboxylic acids is 1. The van der Waals surface area contributed by atoms with E-state index >= 15 is 0 Å². The third kappa shape index (κ3) is 4.10. The van der Waals surface area contributed by atoms with Crippen LogP contribution in [0.25, 0.3) is 0 Å². The molecular weight excluding hydrogens is 260 g/mol. The Morgan fingerprint density at radius 3 is 2.45 bits per heavy atom. The molecule has 2 amide bonds. The maximum atomic E-state index is 12.3. The Balaban J connectivity index is 1.78. The summed E-state index contributed by atoms with van der Waals surface area (Å²) in [6.45, 7) is 4.74. The summed E-state index contributed by atoms with van der Waals surface area (Å²) in [5.74, 6) is -0.544. The quantitative estimate of drug-likeness (QED) is 0.822. The maximum Gasteiger partial charge on any atom is 0.317 e. The number of carbonyl (C=O) groups excluding carboxylic acids is 1. The first-order valence-corrected chi connectivity index (χ1v) is 7.35. The Hall–Kier alpha value is -1.30. The van der Waals surface area contributed by atoms with Crippen molar-refractivity contribution in [1.29, 1.82) is 0 Å². The van der Waals surface area contributed by atoms with Crippen LogP contribution in [0.1, 0.15) is 39.0 Å². The lowest BCUT2D eigenvalue weighted by molar-refractivity contribution is -0.138. The van der Waals surface area contributed by atoms with Crippen LogP contribution in [0.2, 0.25) is 0 Å². The minimum Gasteiger partial charge on any atom is -0.481 e. The van der Waals surface area contributed by atoms with Gasteiger partial charge in [0.15, 0.2) is 0 Å². The van der Waals surface area contributed by atoms with Crippen LogP contribution in [0.15, 0.2) is 0 Å². The molecule has 6 nitrogen and oxygen atoms in total. The Kier molecular flexibility index (Phi) is 4.86. The number of hydrogen-bond donors (Lipinski definition) is 2. The molecule has 0 unspecified atom stereocenters. The molecule has 114 valence electrons. The van der Waals surface area contributed by atoms with E-state index in [9.17, 15) is 9.59 Å². The van der Waals surface area contributed by atoms with E-state index in [0.717, 1.165) is 25.7 Å². The molecular formula is C14H24N2O4. The highest BCUT2D eigenvalue weighted by Crippen LogP contribution is 2.23. The number of urea groups is 1. The van der Waals surface area contributed by atoms with E-state index in [0.29, 0.717) is 26.3 Å². The SMILES string of the molecule is CC1(NC(=O)N2CCC(CC(=O)O)CC2)CCOCC1. The largest absolute Gasteiger partial charge is 0.481 e. The molecule has 6 heteroatoms. The minimum absolute atomic E-state index is 0.0248. The third-order valence-electron chi connectivity index (χ3n) is 4.37. The van der Waals surface area contributed by atoms with Crippen LogP contribution in [-0.4, -0.2) is 53.8 Å². The van der Waals surface area contributed by atoms with E-state index in [-0.39, 0.29) is 23.9 Å². The van der Waals surface area contributed by atoms with Gasteiger partial charge in [-0.05, 0) is 38.5 Å². The normalized spacial score (nSPS) is 23.4. The van der Waals surface area contributed by atoms with E-state index in [1.54, 1.807) is 4.90 Å². The highest BCUT2D eigenvalue weighted by atomic mass is 16.5. The first-order chi connectivity index (χ1) is 9.48. The van der Waals surface area contributed by atoms with Gasteiger partial charge in [-0.15, -0.1) is 0 Å². The van der Waals surface area contributed by atoms with Crippen molar-refractivity contribution in [1.82, 2.24) is 10.2 Å². The second-order valence-corrected chi connectivity index (χ2v) is 6.13. The standard InChI is InChI=1S/C14H24N2O4/c1-14(4-8-20-9-5-14)15-13(19)16-6-2-11(3-7-16)10-12(17)18/h11H,2-10H2,1H3,(H,15,19)(H,17,18). The van der Waals surface area contributed by atoms with Crippen LogP contribution >= 0.6 is 0 Å². The summed E-state index contributed by atoms with van der Waals surface area (Å²) in [5, 5.41) is 11.9. The summed E-state index contributed by atoms with van der Waals surface area (Å²) >= 11 is 0. The van der Waals surface area contributed by atoms with E-state index in [1.807, 2.05) is 0 Å². The minimum atomic E-state index is -0.748. The van der Waals surface area contributed by atoms with Crippen molar-refractivity contribution < 1.29 is 19.4 Å². The fourth-order valence-electron chi connectivity index (χ4n) is 2.87. The molecule has 2 saturated heterocycles. The lowest BCUT2D eigenvalue weighted by atomic mass is 9.92. The van der Waals surface area contributed by atoms with Gasteiger partial charge in [0, 0.05) is 38.3 Å². The number of aliphatic carboxylic acids is 1. The molecule has 0 bridgehead atoms. The number of carbonyl (C=O) groups is 2. The molecule has 0 aromatic rings. The molecule has 0 aromatic heterocycles. The van der Waals surface area contributed by atoms with Crippen molar-refractivity contribution in [2.45, 2.75) is 44.6 Å². The average molecular weight is 284 g/mol. The molecule has 2 aliphatic rings. The smallest absolute Gasteiger partial charge is 0.317 e. The third-order valence-corrected chi connectivity index (χ3v) is 4.37. The zero-order valence-corrected chi connectivity index (χ0v) is 12.1. The van der Waals surface area contributed by atoms with Crippen LogP contribution in [-0.2, 0) is 9.53 Å². The number of hydrogen-bond acceptors (Lipinski definition) is 3. The predicted octanol–water partition coefficient (Wildman–Crippen LogP) is 1.45. The van der Waals surface area contributed by atoms with Crippen molar-refractivity contribution >= 4 is 12.0 Å². The second-order valence-electron chi connectivity index (χ2n) is 6.13. The molecule has 0 aliphatic carbocycles. The summed E-state index contributed by atoms with van der Waals surface area (Å²) < 4.78 is 5.32. The van der Waals surface area contributed by atoms with Crippen LogP contribution < -0.4 is 5.32 Å². The number of nitrogens with one attached hydrogen (secondary N) is 1. The fourth-order valence-corrected chi connectivity index (χ4v) is 2.87. The van der Waals surface area contributed by atoms with Crippen LogP contribution in [0.3, 0.4) is 0 Å². The maximum absolute atomic E-state index is 12.3. The Morgan fingerprint density at radius 2 is 1.90 bits per heavy atom. The van der Waals surface area contributed by atoms with Gasteiger partial charge >= 0.3 is 12.0 Å². The van der Waals surface area contributed by atoms with Gasteiger partial charge in [-0.3, -0.25) is 4.79 Å². The molecule has 0 saturated carbocycles. The van der Waals surface area contributed by atoms with Crippen molar-refractivity contribution in [3.63, 3.8) is 0 Å². The Morgan fingerprint density at radius 1 is 1.30 bits per heavy atom. The zero-order valence-electron chi connectivity index (χ0n) is 12.1. The number of carboxylic acid groups (broad SMARTS) is 1. The summed E-state index contributed by atoms with van der Waals surface area (Å²) in [6, 6.07) is -0.0248. The van der Waals surface area contributed by atoms with Gasteiger partial charge in [0.05, 0.1) is 0 Å². The molecule has 2 heterocycles. The monoisotopic (exact) mass is 284 g/mol. The van der Waals surface area contributed by atoms with Crippen molar-refractivity contribution in [3.05, 3.63) is 0 Å². The molecule has 2 aliphatic heterocycles. The van der Waals surface area contributed by atoms with E-state index in [4.69, 9.17) is 9.84 Å². The molecule has 20 heavy (non-hydrogen) atoms. The molecule has 0 radical (unpaired) electrons. The van der Waals surface area contributed by atoms with Crippen molar-refractivity contribution in [2.24, 2.45) is 5.92 Å². The molecule has 2 N–H and O–H groups in total. The van der Waals surface area contributed by atoms with Crippen molar-refractivity contribution in [3.8, 4) is 0 Å². The first-order valence-electron chi connectivity index (χ1n) is 7.35. The number of likely N-dealkylation sites (tertiary alicyclic amines) is 1. The number of piperidine rings is 1. The Labute approximate surface area is 119 Å². The number of ether oxygens (including phenoxy) is 1. The van der Waals surface area contributed by atoms with Gasteiger partial charge in [0.2, 0.25) is 0 Å². The summed E-state index contributed by atoms with van der Waals surface area (Å²) in [4.78, 5) is 24.7. The summed E-state index contributed by atoms with van der Waals surface area (Å²) in [5.41, 5.74) is -0.173. The number of amides is 2. The number of nitrogens with zero attached hydrogens (tertiary/aromatic N) is 1. The van der Waals surface area contributed by atoms with Crippen LogP contribution in [0.5, 0.6) is 0 Å². The van der Waals surface area contributed by atoms with E-state index < -0.39 is 5.97 Å². The van der Waals surface area contributed by atoms with E-state index in [2.05, 4.69) is 12.2 Å². The molecule has 2 rings (SSSR count).